The average Bonchev–Trinajstić information content (AvgIpc) is 3.17. The molecule has 34 heavy (non-hydrogen) atoms. The lowest BCUT2D eigenvalue weighted by Crippen LogP contribution is -2.30. The third kappa shape index (κ3) is 5.03. The summed E-state index contributed by atoms with van der Waals surface area (Å²) in [7, 11) is 1.50. The number of aliphatic hydroxyl groups excluding tert-OH is 1. The normalized spacial score (nSPS) is 12.4. The number of hydrogen-bond donors (Lipinski definition) is 3. The Hall–Kier alpha value is -3.89. The van der Waals surface area contributed by atoms with Crippen LogP contribution in [0.4, 0.5) is 5.95 Å². The van der Waals surface area contributed by atoms with E-state index in [2.05, 4.69) is 20.5 Å². The largest absolute Gasteiger partial charge is 0.491 e. The Labute approximate surface area is 199 Å². The fraction of sp³-hybridized carbons (Fsp3) is 0.217. The highest BCUT2D eigenvalue weighted by Crippen LogP contribution is 2.19. The van der Waals surface area contributed by atoms with Crippen molar-refractivity contribution in [3.63, 3.8) is 0 Å². The number of nitrogens with zero attached hydrogens (tertiary/aromatic N) is 4. The second kappa shape index (κ2) is 9.94. The van der Waals surface area contributed by atoms with Crippen molar-refractivity contribution in [2.75, 3.05) is 12.0 Å². The van der Waals surface area contributed by atoms with Crippen LogP contribution in [0.3, 0.4) is 0 Å². The van der Waals surface area contributed by atoms with Gasteiger partial charge in [-0.05, 0) is 36.2 Å². The van der Waals surface area contributed by atoms with Crippen molar-refractivity contribution in [1.29, 1.82) is 0 Å². The van der Waals surface area contributed by atoms with Crippen LogP contribution in [0, 0.1) is 6.92 Å². The van der Waals surface area contributed by atoms with Gasteiger partial charge in [-0.25, -0.2) is 10.2 Å². The number of para-hydroxylation sites is 1. The van der Waals surface area contributed by atoms with Gasteiger partial charge in [0.1, 0.15) is 18.5 Å². The number of aryl methyl sites for hydroxylation is 2. The molecule has 0 fully saturated rings. The summed E-state index contributed by atoms with van der Waals surface area (Å²) in [5.74, 6) is 0.838. The predicted octanol–water partition coefficient (Wildman–Crippen LogP) is 2.27. The molecule has 0 aliphatic rings. The molecule has 2 heterocycles. The number of halogens is 1. The number of fused-ring (bicyclic) bond motifs is 1. The minimum Gasteiger partial charge on any atom is -0.491 e. The number of benzene rings is 2. The van der Waals surface area contributed by atoms with E-state index in [0.717, 1.165) is 11.1 Å². The molecule has 0 saturated heterocycles. The van der Waals surface area contributed by atoms with Crippen molar-refractivity contribution in [3.05, 3.63) is 85.5 Å². The Morgan fingerprint density at radius 1 is 1.24 bits per heavy atom. The standard InChI is InChI=1S/C23H23ClN6O4/c1-14-5-3-4-6-18(14)34-13-17(31)12-30-19-20(29(2)23(33)27-21(19)32)26-22(30)28-25-11-15-7-9-16(24)10-8-15/h3-11,17,31H,12-13H2,1-2H3,(H,26,28)(H,27,32,33)/b25-11+/t17-/m1/s1. The molecule has 0 saturated carbocycles. The minimum absolute atomic E-state index is 0.0122. The third-order valence-corrected chi connectivity index (χ3v) is 5.43. The number of H-pyrrole nitrogens is 1. The SMILES string of the molecule is Cc1ccccc1OC[C@H](O)Cn1c(N/N=C/c2ccc(Cl)cc2)nc2c1c(=O)[nH]c(=O)n2C. The number of hydrogen-bond acceptors (Lipinski definition) is 7. The lowest BCUT2D eigenvalue weighted by atomic mass is 10.2. The Bertz CT molecular complexity index is 1460. The van der Waals surface area contributed by atoms with Crippen molar-refractivity contribution in [2.24, 2.45) is 12.1 Å². The molecular weight excluding hydrogens is 460 g/mol. The van der Waals surface area contributed by atoms with Gasteiger partial charge in [-0.15, -0.1) is 0 Å². The first kappa shape index (κ1) is 23.3. The van der Waals surface area contributed by atoms with Crippen LogP contribution >= 0.6 is 11.6 Å². The van der Waals surface area contributed by atoms with Gasteiger partial charge in [-0.2, -0.15) is 10.1 Å². The van der Waals surface area contributed by atoms with Crippen molar-refractivity contribution >= 4 is 34.9 Å². The molecule has 3 N–H and O–H groups in total. The summed E-state index contributed by atoms with van der Waals surface area (Å²) in [5.41, 5.74) is 3.59. The summed E-state index contributed by atoms with van der Waals surface area (Å²) in [6, 6.07) is 14.5. The quantitative estimate of drug-likeness (QED) is 0.261. The Morgan fingerprint density at radius 3 is 2.71 bits per heavy atom. The summed E-state index contributed by atoms with van der Waals surface area (Å²) in [4.78, 5) is 31.3. The molecule has 11 heteroatoms. The Balaban J connectivity index is 1.62. The molecule has 176 valence electrons. The number of hydrazone groups is 1. The highest BCUT2D eigenvalue weighted by atomic mass is 35.5. The second-order valence-electron chi connectivity index (χ2n) is 7.69. The van der Waals surface area contributed by atoms with Crippen molar-refractivity contribution in [1.82, 2.24) is 19.1 Å². The lowest BCUT2D eigenvalue weighted by Gasteiger charge is -2.16. The summed E-state index contributed by atoms with van der Waals surface area (Å²) >= 11 is 5.90. The topological polar surface area (TPSA) is 127 Å². The molecular formula is C23H23ClN6O4. The van der Waals surface area contributed by atoms with Gasteiger partial charge in [0.25, 0.3) is 5.56 Å². The first-order chi connectivity index (χ1) is 16.3. The summed E-state index contributed by atoms with van der Waals surface area (Å²) in [6.45, 7) is 1.87. The fourth-order valence-corrected chi connectivity index (χ4v) is 3.50. The monoisotopic (exact) mass is 482 g/mol. The summed E-state index contributed by atoms with van der Waals surface area (Å²) < 4.78 is 8.43. The smallest absolute Gasteiger partial charge is 0.329 e. The molecule has 2 aromatic carbocycles. The maximum atomic E-state index is 12.6. The van der Waals surface area contributed by atoms with E-state index in [1.165, 1.54) is 16.2 Å². The predicted molar refractivity (Wildman–Crippen MR) is 131 cm³/mol. The summed E-state index contributed by atoms with van der Waals surface area (Å²) in [5, 5.41) is 15.5. The summed E-state index contributed by atoms with van der Waals surface area (Å²) in [6.07, 6.45) is 0.579. The first-order valence-electron chi connectivity index (χ1n) is 10.4. The van der Waals surface area contributed by atoms with Crippen LogP contribution in [-0.4, -0.2) is 43.1 Å². The van der Waals surface area contributed by atoms with Gasteiger partial charge in [0, 0.05) is 12.1 Å². The Kier molecular flexibility index (Phi) is 6.80. The number of aromatic amines is 1. The van der Waals surface area contributed by atoms with Crippen LogP contribution < -0.4 is 21.4 Å². The maximum absolute atomic E-state index is 12.6. The van der Waals surface area contributed by atoms with Crippen molar-refractivity contribution in [2.45, 2.75) is 19.6 Å². The van der Waals surface area contributed by atoms with Gasteiger partial charge in [-0.1, -0.05) is 41.9 Å². The molecule has 10 nitrogen and oxygen atoms in total. The molecule has 0 aliphatic heterocycles. The molecule has 1 atom stereocenters. The fourth-order valence-electron chi connectivity index (χ4n) is 3.38. The van der Waals surface area contributed by atoms with Crippen LogP contribution in [0.25, 0.3) is 11.2 Å². The van der Waals surface area contributed by atoms with Gasteiger partial charge in [0.05, 0.1) is 12.8 Å². The first-order valence-corrected chi connectivity index (χ1v) is 10.8. The third-order valence-electron chi connectivity index (χ3n) is 5.17. The molecule has 4 aromatic rings. The number of nitrogens with one attached hydrogen (secondary N) is 2. The number of aromatic nitrogens is 4. The number of imidazole rings is 1. The molecule has 4 rings (SSSR count). The Morgan fingerprint density at radius 2 is 1.97 bits per heavy atom. The van der Waals surface area contributed by atoms with Gasteiger partial charge in [0.15, 0.2) is 11.2 Å². The zero-order valence-corrected chi connectivity index (χ0v) is 19.3. The van der Waals surface area contributed by atoms with Crippen LogP contribution in [-0.2, 0) is 13.6 Å². The molecule has 0 spiro atoms. The second-order valence-corrected chi connectivity index (χ2v) is 8.12. The van der Waals surface area contributed by atoms with Gasteiger partial charge in [-0.3, -0.25) is 14.3 Å². The number of ether oxygens (including phenoxy) is 1. The van der Waals surface area contributed by atoms with E-state index >= 15 is 0 Å². The van der Waals surface area contributed by atoms with E-state index < -0.39 is 17.4 Å². The number of aliphatic hydroxyl groups is 1. The molecule has 0 aliphatic carbocycles. The van der Waals surface area contributed by atoms with Crippen LogP contribution in [0.15, 0.2) is 63.2 Å². The minimum atomic E-state index is -0.977. The molecule has 0 amide bonds. The average molecular weight is 483 g/mol. The van der Waals surface area contributed by atoms with Crippen molar-refractivity contribution < 1.29 is 9.84 Å². The van der Waals surface area contributed by atoms with E-state index in [-0.39, 0.29) is 30.3 Å². The van der Waals surface area contributed by atoms with E-state index in [1.807, 2.05) is 31.2 Å². The molecule has 0 radical (unpaired) electrons. The van der Waals surface area contributed by atoms with Gasteiger partial charge >= 0.3 is 5.69 Å². The number of anilines is 1. The zero-order chi connectivity index (χ0) is 24.2. The van der Waals surface area contributed by atoms with E-state index in [9.17, 15) is 14.7 Å². The van der Waals surface area contributed by atoms with Crippen LogP contribution in [0.1, 0.15) is 11.1 Å². The number of rotatable bonds is 8. The van der Waals surface area contributed by atoms with Crippen molar-refractivity contribution in [3.8, 4) is 5.75 Å². The molecule has 0 bridgehead atoms. The zero-order valence-electron chi connectivity index (χ0n) is 18.5. The van der Waals surface area contributed by atoms with E-state index in [4.69, 9.17) is 16.3 Å². The molecule has 0 unspecified atom stereocenters. The lowest BCUT2D eigenvalue weighted by molar-refractivity contribution is 0.0935. The van der Waals surface area contributed by atoms with Crippen LogP contribution in [0.2, 0.25) is 5.02 Å². The molecule has 2 aromatic heterocycles. The van der Waals surface area contributed by atoms with Crippen LogP contribution in [0.5, 0.6) is 5.75 Å². The highest BCUT2D eigenvalue weighted by Gasteiger charge is 2.20. The van der Waals surface area contributed by atoms with E-state index in [0.29, 0.717) is 10.8 Å². The van der Waals surface area contributed by atoms with Gasteiger partial charge < -0.3 is 14.4 Å². The highest BCUT2D eigenvalue weighted by molar-refractivity contribution is 6.30. The maximum Gasteiger partial charge on any atom is 0.329 e. The van der Waals surface area contributed by atoms with Gasteiger partial charge in [0.2, 0.25) is 5.95 Å². The van der Waals surface area contributed by atoms with E-state index in [1.54, 1.807) is 30.5 Å².